The maximum atomic E-state index is 14.3. The Morgan fingerprint density at radius 2 is 2.25 bits per heavy atom. The van der Waals surface area contributed by atoms with Crippen molar-refractivity contribution in [2.24, 2.45) is 13.0 Å². The van der Waals surface area contributed by atoms with Gasteiger partial charge in [0.15, 0.2) is 11.6 Å². The lowest BCUT2D eigenvalue weighted by Crippen LogP contribution is -2.35. The molecule has 0 radical (unpaired) electrons. The van der Waals surface area contributed by atoms with Gasteiger partial charge in [0.1, 0.15) is 5.69 Å². The second kappa shape index (κ2) is 3.96. The maximum Gasteiger partial charge on any atom is 0.161 e. The van der Waals surface area contributed by atoms with Gasteiger partial charge in [0.2, 0.25) is 0 Å². The summed E-state index contributed by atoms with van der Waals surface area (Å²) in [6.07, 6.45) is 9.07. The molecule has 2 aliphatic heterocycles. The predicted molar refractivity (Wildman–Crippen MR) is 71.6 cm³/mol. The smallest absolute Gasteiger partial charge is 0.161 e. The van der Waals surface area contributed by atoms with E-state index in [0.717, 1.165) is 5.70 Å². The molecule has 2 N–H and O–H groups in total. The fraction of sp³-hybridized carbons (Fsp3) is 0.357. The van der Waals surface area contributed by atoms with Crippen molar-refractivity contribution in [3.63, 3.8) is 0 Å². The van der Waals surface area contributed by atoms with Crippen molar-refractivity contribution in [3.8, 4) is 5.75 Å². The molecule has 0 saturated heterocycles. The lowest BCUT2D eigenvalue weighted by atomic mass is 10.1. The Kier molecular flexibility index (Phi) is 2.32. The largest absolute Gasteiger partial charge is 0.504 e. The van der Waals surface area contributed by atoms with Crippen molar-refractivity contribution >= 4 is 5.57 Å². The Bertz CT molecular complexity index is 649. The fourth-order valence-electron chi connectivity index (χ4n) is 2.78. The van der Waals surface area contributed by atoms with E-state index in [2.05, 4.69) is 16.6 Å². The average molecular weight is 274 g/mol. The van der Waals surface area contributed by atoms with Crippen molar-refractivity contribution in [1.82, 2.24) is 20.2 Å². The molecule has 6 heteroatoms. The molecule has 0 amide bonds. The van der Waals surface area contributed by atoms with Gasteiger partial charge in [-0.15, -0.1) is 0 Å². The van der Waals surface area contributed by atoms with Gasteiger partial charge < -0.3 is 5.11 Å². The molecule has 0 aromatic carbocycles. The van der Waals surface area contributed by atoms with E-state index in [1.165, 1.54) is 29.9 Å². The first kappa shape index (κ1) is 11.7. The van der Waals surface area contributed by atoms with Crippen LogP contribution in [0.15, 0.2) is 36.1 Å². The second-order valence-electron chi connectivity index (χ2n) is 5.49. The third kappa shape index (κ3) is 1.68. The molecule has 1 saturated carbocycles. The zero-order valence-corrected chi connectivity index (χ0v) is 11.0. The minimum absolute atomic E-state index is 0.0129. The molecule has 20 heavy (non-hydrogen) atoms. The molecule has 1 aromatic heterocycles. The van der Waals surface area contributed by atoms with Crippen LogP contribution in [0.2, 0.25) is 0 Å². The molecule has 0 spiro atoms. The molecule has 104 valence electrons. The summed E-state index contributed by atoms with van der Waals surface area (Å²) in [5.74, 6) is 0.262. The number of nitrogens with zero attached hydrogens (tertiary/aromatic N) is 3. The number of halogens is 1. The molecule has 0 bridgehead atoms. The molecular formula is C14H15FN4O. The zero-order valence-electron chi connectivity index (χ0n) is 11.0. The highest BCUT2D eigenvalue weighted by Crippen LogP contribution is 2.40. The number of hydrogen-bond acceptors (Lipinski definition) is 4. The van der Waals surface area contributed by atoms with Crippen molar-refractivity contribution in [1.29, 1.82) is 0 Å². The molecule has 1 atom stereocenters. The number of hydrazine groups is 1. The lowest BCUT2D eigenvalue weighted by molar-refractivity contribution is 0.327. The third-order valence-electron chi connectivity index (χ3n) is 4.01. The topological polar surface area (TPSA) is 53.3 Å². The SMILES string of the molecule is Cn1ncc(O)c1C1=CC2=CC(C3CC3)NN2C=C1F. The van der Waals surface area contributed by atoms with E-state index in [1.54, 1.807) is 18.1 Å². The summed E-state index contributed by atoms with van der Waals surface area (Å²) >= 11 is 0. The second-order valence-corrected chi connectivity index (χ2v) is 5.49. The Morgan fingerprint density at radius 3 is 2.90 bits per heavy atom. The summed E-state index contributed by atoms with van der Waals surface area (Å²) < 4.78 is 15.8. The summed E-state index contributed by atoms with van der Waals surface area (Å²) in [5.41, 5.74) is 4.95. The standard InChI is InChI=1S/C14H15FN4O/c1-18-14(13(20)6-16-18)10-4-9-5-12(8-2-3-8)17-19(9)7-11(10)15/h4-8,12,17,20H,2-3H2,1H3. The third-order valence-corrected chi connectivity index (χ3v) is 4.01. The van der Waals surface area contributed by atoms with Crippen LogP contribution in [0.4, 0.5) is 4.39 Å². The van der Waals surface area contributed by atoms with Gasteiger partial charge in [-0.2, -0.15) is 5.10 Å². The highest BCUT2D eigenvalue weighted by Gasteiger charge is 2.36. The van der Waals surface area contributed by atoms with Gasteiger partial charge in [-0.3, -0.25) is 9.69 Å². The molecule has 4 rings (SSSR count). The van der Waals surface area contributed by atoms with Crippen LogP contribution < -0.4 is 5.43 Å². The van der Waals surface area contributed by atoms with Gasteiger partial charge in [-0.05, 0) is 30.9 Å². The maximum absolute atomic E-state index is 14.3. The highest BCUT2D eigenvalue weighted by molar-refractivity contribution is 5.81. The first-order chi connectivity index (χ1) is 9.63. The van der Waals surface area contributed by atoms with Gasteiger partial charge in [-0.1, -0.05) is 0 Å². The van der Waals surface area contributed by atoms with E-state index >= 15 is 0 Å². The Hall–Kier alpha value is -2.08. The number of aromatic hydroxyl groups is 1. The van der Waals surface area contributed by atoms with Gasteiger partial charge in [0.05, 0.1) is 18.1 Å². The summed E-state index contributed by atoms with van der Waals surface area (Å²) in [6.45, 7) is 0. The van der Waals surface area contributed by atoms with Gasteiger partial charge in [0, 0.05) is 18.7 Å². The number of allylic oxidation sites excluding steroid dienone is 3. The van der Waals surface area contributed by atoms with Crippen LogP contribution in [0.1, 0.15) is 18.5 Å². The molecule has 1 unspecified atom stereocenters. The van der Waals surface area contributed by atoms with E-state index in [1.807, 2.05) is 0 Å². The van der Waals surface area contributed by atoms with Crippen LogP contribution in [0, 0.1) is 5.92 Å². The van der Waals surface area contributed by atoms with Crippen molar-refractivity contribution < 1.29 is 9.50 Å². The summed E-state index contributed by atoms with van der Waals surface area (Å²) in [6, 6.07) is 0.282. The fourth-order valence-corrected chi connectivity index (χ4v) is 2.78. The van der Waals surface area contributed by atoms with Crippen molar-refractivity contribution in [2.45, 2.75) is 18.9 Å². The highest BCUT2D eigenvalue weighted by atomic mass is 19.1. The molecule has 1 fully saturated rings. The Morgan fingerprint density at radius 1 is 1.45 bits per heavy atom. The monoisotopic (exact) mass is 274 g/mol. The number of hydrogen-bond donors (Lipinski definition) is 2. The molecular weight excluding hydrogens is 259 g/mol. The molecule has 5 nitrogen and oxygen atoms in total. The zero-order chi connectivity index (χ0) is 13.9. The number of rotatable bonds is 2. The van der Waals surface area contributed by atoms with E-state index < -0.39 is 0 Å². The first-order valence-corrected chi connectivity index (χ1v) is 6.71. The minimum Gasteiger partial charge on any atom is -0.504 e. The summed E-state index contributed by atoms with van der Waals surface area (Å²) in [4.78, 5) is 0. The quantitative estimate of drug-likeness (QED) is 0.863. The normalized spacial score (nSPS) is 25.2. The van der Waals surface area contributed by atoms with Crippen LogP contribution in [-0.4, -0.2) is 25.9 Å². The molecule has 3 aliphatic rings. The first-order valence-electron chi connectivity index (χ1n) is 6.71. The van der Waals surface area contributed by atoms with Crippen LogP contribution >= 0.6 is 0 Å². The van der Waals surface area contributed by atoms with Crippen LogP contribution in [0.3, 0.4) is 0 Å². The van der Waals surface area contributed by atoms with Gasteiger partial charge >= 0.3 is 0 Å². The van der Waals surface area contributed by atoms with E-state index in [9.17, 15) is 9.50 Å². The van der Waals surface area contributed by atoms with Crippen molar-refractivity contribution in [2.75, 3.05) is 0 Å². The Labute approximate surface area is 115 Å². The Balaban J connectivity index is 1.75. The van der Waals surface area contributed by atoms with E-state index in [-0.39, 0.29) is 17.6 Å². The van der Waals surface area contributed by atoms with Gasteiger partial charge in [-0.25, -0.2) is 9.82 Å². The predicted octanol–water partition coefficient (Wildman–Crippen LogP) is 1.82. The molecule has 1 aromatic rings. The molecule has 1 aliphatic carbocycles. The van der Waals surface area contributed by atoms with Gasteiger partial charge in [0.25, 0.3) is 0 Å². The van der Waals surface area contributed by atoms with Crippen LogP contribution in [-0.2, 0) is 7.05 Å². The summed E-state index contributed by atoms with van der Waals surface area (Å²) in [7, 11) is 1.68. The number of aromatic nitrogens is 2. The number of fused-ring (bicyclic) bond motifs is 1. The number of aryl methyl sites for hydroxylation is 1. The van der Waals surface area contributed by atoms with E-state index in [0.29, 0.717) is 17.2 Å². The lowest BCUT2D eigenvalue weighted by Gasteiger charge is -2.23. The molecule has 3 heterocycles. The number of nitrogens with one attached hydrogen (secondary N) is 1. The summed E-state index contributed by atoms with van der Waals surface area (Å²) in [5, 5.41) is 15.5. The average Bonchev–Trinajstić information content (AvgIpc) is 3.11. The van der Waals surface area contributed by atoms with Crippen LogP contribution in [0.25, 0.3) is 5.57 Å². The van der Waals surface area contributed by atoms with E-state index in [4.69, 9.17) is 0 Å². The van der Waals surface area contributed by atoms with Crippen molar-refractivity contribution in [3.05, 3.63) is 41.8 Å². The van der Waals surface area contributed by atoms with Crippen LogP contribution in [0.5, 0.6) is 5.75 Å². The minimum atomic E-state index is -0.384.